The number of amides is 1. The SMILES string of the molecule is CCC(OC1CCCC1)C(=O)NC(C)(COC)CC(=O)O. The minimum Gasteiger partial charge on any atom is -0.481 e. The fraction of sp³-hybridized carbons (Fsp3) is 0.867. The van der Waals surface area contributed by atoms with E-state index in [1.54, 1.807) is 6.92 Å². The first kappa shape index (κ1) is 17.9. The summed E-state index contributed by atoms with van der Waals surface area (Å²) in [5, 5.41) is 11.8. The van der Waals surface area contributed by atoms with Gasteiger partial charge < -0.3 is 19.9 Å². The number of hydrogen-bond acceptors (Lipinski definition) is 4. The van der Waals surface area contributed by atoms with E-state index in [1.165, 1.54) is 7.11 Å². The maximum Gasteiger partial charge on any atom is 0.305 e. The Balaban J connectivity index is 2.62. The molecule has 0 radical (unpaired) electrons. The largest absolute Gasteiger partial charge is 0.481 e. The number of ether oxygens (including phenoxy) is 2. The molecule has 0 aromatic rings. The van der Waals surface area contributed by atoms with Gasteiger partial charge in [0.1, 0.15) is 6.10 Å². The van der Waals surface area contributed by atoms with Crippen LogP contribution in [-0.4, -0.2) is 48.4 Å². The number of hydrogen-bond donors (Lipinski definition) is 2. The van der Waals surface area contributed by atoms with Gasteiger partial charge in [-0.3, -0.25) is 9.59 Å². The van der Waals surface area contributed by atoms with Crippen molar-refractivity contribution < 1.29 is 24.2 Å². The first-order chi connectivity index (χ1) is 9.90. The van der Waals surface area contributed by atoms with Crippen molar-refractivity contribution in [2.24, 2.45) is 0 Å². The first-order valence-corrected chi connectivity index (χ1v) is 7.58. The quantitative estimate of drug-likeness (QED) is 0.677. The predicted octanol–water partition coefficient (Wildman–Crippen LogP) is 1.72. The van der Waals surface area contributed by atoms with Crippen LogP contribution in [0.3, 0.4) is 0 Å². The number of carbonyl (C=O) groups is 2. The minimum absolute atomic E-state index is 0.144. The number of methoxy groups -OCH3 is 1. The Labute approximate surface area is 126 Å². The molecule has 0 heterocycles. The van der Waals surface area contributed by atoms with E-state index in [2.05, 4.69) is 5.32 Å². The molecule has 0 spiro atoms. The third-order valence-corrected chi connectivity index (χ3v) is 3.75. The van der Waals surface area contributed by atoms with Crippen LogP contribution in [0.5, 0.6) is 0 Å². The Kier molecular flexibility index (Phi) is 7.11. The zero-order chi connectivity index (χ0) is 15.9. The number of carboxylic acids is 1. The average Bonchev–Trinajstić information content (AvgIpc) is 2.87. The smallest absolute Gasteiger partial charge is 0.305 e. The van der Waals surface area contributed by atoms with Gasteiger partial charge in [0.05, 0.1) is 24.7 Å². The van der Waals surface area contributed by atoms with Crippen LogP contribution in [0.1, 0.15) is 52.4 Å². The molecule has 0 saturated heterocycles. The van der Waals surface area contributed by atoms with Crippen molar-refractivity contribution in [3.05, 3.63) is 0 Å². The summed E-state index contributed by atoms with van der Waals surface area (Å²) in [5.74, 6) is -1.23. The molecule has 1 rings (SSSR count). The lowest BCUT2D eigenvalue weighted by Crippen LogP contribution is -2.54. The van der Waals surface area contributed by atoms with Crippen LogP contribution in [0.2, 0.25) is 0 Å². The van der Waals surface area contributed by atoms with Crippen LogP contribution in [0.25, 0.3) is 0 Å². The van der Waals surface area contributed by atoms with Gasteiger partial charge >= 0.3 is 5.97 Å². The summed E-state index contributed by atoms with van der Waals surface area (Å²) in [6, 6.07) is 0. The predicted molar refractivity (Wildman–Crippen MR) is 78.1 cm³/mol. The van der Waals surface area contributed by atoms with E-state index >= 15 is 0 Å². The van der Waals surface area contributed by atoms with Crippen molar-refractivity contribution in [1.29, 1.82) is 0 Å². The lowest BCUT2D eigenvalue weighted by Gasteiger charge is -2.31. The topological polar surface area (TPSA) is 84.9 Å². The van der Waals surface area contributed by atoms with Gasteiger partial charge in [-0.2, -0.15) is 0 Å². The molecular weight excluding hydrogens is 274 g/mol. The van der Waals surface area contributed by atoms with Crippen molar-refractivity contribution in [1.82, 2.24) is 5.32 Å². The van der Waals surface area contributed by atoms with Crippen LogP contribution in [0, 0.1) is 0 Å². The second kappa shape index (κ2) is 8.34. The molecule has 1 amide bonds. The Morgan fingerprint density at radius 1 is 1.38 bits per heavy atom. The minimum atomic E-state index is -0.973. The lowest BCUT2D eigenvalue weighted by atomic mass is 9.98. The van der Waals surface area contributed by atoms with E-state index in [-0.39, 0.29) is 25.0 Å². The molecule has 0 aromatic carbocycles. The van der Waals surface area contributed by atoms with Crippen molar-refractivity contribution in [3.8, 4) is 0 Å². The molecule has 0 aromatic heterocycles. The van der Waals surface area contributed by atoms with Crippen molar-refractivity contribution in [3.63, 3.8) is 0 Å². The Bertz CT molecular complexity index is 354. The molecule has 6 nitrogen and oxygen atoms in total. The molecule has 2 N–H and O–H groups in total. The third-order valence-electron chi connectivity index (χ3n) is 3.75. The fourth-order valence-corrected chi connectivity index (χ4v) is 2.76. The van der Waals surface area contributed by atoms with Gasteiger partial charge in [0, 0.05) is 7.11 Å². The molecular formula is C15H27NO5. The van der Waals surface area contributed by atoms with Gasteiger partial charge in [-0.05, 0) is 26.2 Å². The molecule has 0 bridgehead atoms. The molecule has 2 atom stereocenters. The second-order valence-electron chi connectivity index (χ2n) is 5.99. The van der Waals surface area contributed by atoms with Crippen LogP contribution < -0.4 is 5.32 Å². The van der Waals surface area contributed by atoms with E-state index in [0.717, 1.165) is 25.7 Å². The number of carboxylic acid groups (broad SMARTS) is 1. The van der Waals surface area contributed by atoms with Crippen LogP contribution in [0.4, 0.5) is 0 Å². The van der Waals surface area contributed by atoms with Crippen LogP contribution in [-0.2, 0) is 19.1 Å². The van der Waals surface area contributed by atoms with E-state index in [4.69, 9.17) is 14.6 Å². The number of aliphatic carboxylic acids is 1. The second-order valence-corrected chi connectivity index (χ2v) is 5.99. The number of carbonyl (C=O) groups excluding carboxylic acids is 1. The maximum absolute atomic E-state index is 12.3. The number of rotatable bonds is 9. The average molecular weight is 301 g/mol. The highest BCUT2D eigenvalue weighted by molar-refractivity contribution is 5.82. The fourth-order valence-electron chi connectivity index (χ4n) is 2.76. The zero-order valence-electron chi connectivity index (χ0n) is 13.2. The molecule has 0 aliphatic heterocycles. The highest BCUT2D eigenvalue weighted by Gasteiger charge is 2.33. The lowest BCUT2D eigenvalue weighted by molar-refractivity contribution is -0.143. The molecule has 122 valence electrons. The molecule has 1 aliphatic carbocycles. The standard InChI is InChI=1S/C15H27NO5/c1-4-12(21-11-7-5-6-8-11)14(19)16-15(2,10-20-3)9-13(17)18/h11-12H,4-10H2,1-3H3,(H,16,19)(H,17,18). The molecule has 1 saturated carbocycles. The highest BCUT2D eigenvalue weighted by Crippen LogP contribution is 2.23. The zero-order valence-corrected chi connectivity index (χ0v) is 13.2. The normalized spacial score (nSPS) is 20.0. The summed E-state index contributed by atoms with van der Waals surface area (Å²) in [4.78, 5) is 23.3. The first-order valence-electron chi connectivity index (χ1n) is 7.58. The van der Waals surface area contributed by atoms with E-state index < -0.39 is 17.6 Å². The van der Waals surface area contributed by atoms with Gasteiger partial charge in [-0.15, -0.1) is 0 Å². The van der Waals surface area contributed by atoms with Crippen LogP contribution >= 0.6 is 0 Å². The van der Waals surface area contributed by atoms with E-state index in [1.807, 2.05) is 6.92 Å². The summed E-state index contributed by atoms with van der Waals surface area (Å²) in [6.45, 7) is 3.71. The van der Waals surface area contributed by atoms with Gasteiger partial charge in [0.25, 0.3) is 0 Å². The summed E-state index contributed by atoms with van der Waals surface area (Å²) < 4.78 is 10.9. The summed E-state index contributed by atoms with van der Waals surface area (Å²) in [6.07, 6.45) is 4.27. The third kappa shape index (κ3) is 6.01. The molecule has 21 heavy (non-hydrogen) atoms. The highest BCUT2D eigenvalue weighted by atomic mass is 16.5. The summed E-state index contributed by atoms with van der Waals surface area (Å²) in [5.41, 5.74) is -0.926. The summed E-state index contributed by atoms with van der Waals surface area (Å²) in [7, 11) is 1.48. The van der Waals surface area contributed by atoms with Gasteiger partial charge in [0.15, 0.2) is 0 Å². The number of nitrogens with one attached hydrogen (secondary N) is 1. The Morgan fingerprint density at radius 2 is 2.00 bits per heavy atom. The van der Waals surface area contributed by atoms with Crippen molar-refractivity contribution in [2.75, 3.05) is 13.7 Å². The maximum atomic E-state index is 12.3. The Hall–Kier alpha value is -1.14. The molecule has 2 unspecified atom stereocenters. The van der Waals surface area contributed by atoms with Crippen molar-refractivity contribution >= 4 is 11.9 Å². The monoisotopic (exact) mass is 301 g/mol. The molecule has 1 aliphatic rings. The van der Waals surface area contributed by atoms with Gasteiger partial charge in [-0.1, -0.05) is 19.8 Å². The van der Waals surface area contributed by atoms with Crippen molar-refractivity contribution in [2.45, 2.75) is 70.1 Å². The Morgan fingerprint density at radius 3 is 2.48 bits per heavy atom. The van der Waals surface area contributed by atoms with Gasteiger partial charge in [-0.25, -0.2) is 0 Å². The van der Waals surface area contributed by atoms with Crippen LogP contribution in [0.15, 0.2) is 0 Å². The van der Waals surface area contributed by atoms with E-state index in [0.29, 0.717) is 6.42 Å². The van der Waals surface area contributed by atoms with E-state index in [9.17, 15) is 9.59 Å². The van der Waals surface area contributed by atoms with Gasteiger partial charge in [0.2, 0.25) is 5.91 Å². The molecule has 6 heteroatoms. The molecule has 1 fully saturated rings. The summed E-state index contributed by atoms with van der Waals surface area (Å²) >= 11 is 0.